The van der Waals surface area contributed by atoms with E-state index < -0.39 is 12.0 Å². The second-order valence-electron chi connectivity index (χ2n) is 7.35. The van der Waals surface area contributed by atoms with E-state index in [1.807, 2.05) is 56.3 Å². The van der Waals surface area contributed by atoms with Gasteiger partial charge in [0.2, 0.25) is 0 Å². The molecule has 0 saturated heterocycles. The number of anilines is 1. The van der Waals surface area contributed by atoms with Crippen LogP contribution in [0, 0.1) is 24.0 Å². The highest BCUT2D eigenvalue weighted by atomic mass is 16.6. The smallest absolute Gasteiger partial charge is 0.331 e. The molecule has 0 aliphatic carbocycles. The van der Waals surface area contributed by atoms with Gasteiger partial charge in [0.05, 0.1) is 4.92 Å². The van der Waals surface area contributed by atoms with Crippen molar-refractivity contribution in [3.05, 3.63) is 81.4 Å². The van der Waals surface area contributed by atoms with Crippen molar-refractivity contribution in [1.82, 2.24) is 0 Å². The lowest BCUT2D eigenvalue weighted by Gasteiger charge is -2.36. The van der Waals surface area contributed by atoms with Crippen molar-refractivity contribution in [2.24, 2.45) is 0 Å². The Bertz CT molecular complexity index is 1150. The number of aryl methyl sites for hydroxylation is 2. The lowest BCUT2D eigenvalue weighted by atomic mass is 9.82. The number of hydrogen-bond donors (Lipinski definition) is 1. The molecule has 6 heteroatoms. The van der Waals surface area contributed by atoms with Crippen LogP contribution >= 0.6 is 0 Å². The Morgan fingerprint density at radius 3 is 2.24 bits per heavy atom. The summed E-state index contributed by atoms with van der Waals surface area (Å²) in [7, 11) is 1.78. The summed E-state index contributed by atoms with van der Waals surface area (Å²) >= 11 is 0. The highest BCUT2D eigenvalue weighted by Gasteiger charge is 2.35. The molecule has 1 atom stereocenters. The van der Waals surface area contributed by atoms with Crippen LogP contribution in [0.3, 0.4) is 0 Å². The maximum Gasteiger partial charge on any atom is 0.331 e. The normalized spacial score (nSPS) is 14.9. The van der Waals surface area contributed by atoms with Gasteiger partial charge in [-0.3, -0.25) is 10.1 Å². The molecule has 4 rings (SSSR count). The van der Waals surface area contributed by atoms with Crippen LogP contribution < -0.4 is 4.90 Å². The average Bonchev–Trinajstić information content (AvgIpc) is 2.67. The van der Waals surface area contributed by atoms with Crippen molar-refractivity contribution in [2.45, 2.75) is 19.9 Å². The first kappa shape index (κ1) is 18.7. The van der Waals surface area contributed by atoms with Crippen molar-refractivity contribution >= 4 is 17.3 Å². The summed E-state index contributed by atoms with van der Waals surface area (Å²) in [6, 6.07) is 15.7. The Kier molecular flexibility index (Phi) is 4.34. The zero-order chi connectivity index (χ0) is 20.9. The summed E-state index contributed by atoms with van der Waals surface area (Å²) in [5.74, 6) is -0.904. The number of hydrogen-bond acceptors (Lipinski definition) is 4. The molecule has 0 amide bonds. The van der Waals surface area contributed by atoms with Crippen molar-refractivity contribution in [1.29, 1.82) is 0 Å². The predicted octanol–water partition coefficient (Wildman–Crippen LogP) is 5.12. The van der Waals surface area contributed by atoms with Crippen LogP contribution in [0.15, 0.2) is 54.6 Å². The van der Waals surface area contributed by atoms with Gasteiger partial charge in [0.25, 0.3) is 5.69 Å². The first-order valence-electron chi connectivity index (χ1n) is 9.25. The Hall–Kier alpha value is -3.67. The van der Waals surface area contributed by atoms with E-state index in [1.54, 1.807) is 24.1 Å². The average molecular weight is 388 g/mol. The fourth-order valence-corrected chi connectivity index (χ4v) is 4.41. The number of benzene rings is 3. The van der Waals surface area contributed by atoms with Gasteiger partial charge in [-0.05, 0) is 53.3 Å². The molecule has 0 saturated carbocycles. The Morgan fingerprint density at radius 1 is 1.00 bits per heavy atom. The number of aliphatic carboxylic acids is 1. The van der Waals surface area contributed by atoms with Gasteiger partial charge in [-0.1, -0.05) is 36.4 Å². The van der Waals surface area contributed by atoms with Gasteiger partial charge >= 0.3 is 5.97 Å². The minimum absolute atomic E-state index is 0.0667. The molecule has 0 aromatic heterocycles. The molecule has 146 valence electrons. The van der Waals surface area contributed by atoms with E-state index in [-0.39, 0.29) is 10.6 Å². The van der Waals surface area contributed by atoms with E-state index in [9.17, 15) is 20.0 Å². The number of carboxylic acids is 1. The largest absolute Gasteiger partial charge is 0.479 e. The van der Waals surface area contributed by atoms with E-state index in [0.717, 1.165) is 44.6 Å². The number of likely N-dealkylation sites (N-methyl/N-ethyl adjacent to an activating group) is 1. The summed E-state index contributed by atoms with van der Waals surface area (Å²) in [5.41, 5.74) is 6.95. The summed E-state index contributed by atoms with van der Waals surface area (Å²) in [6.07, 6.45) is 0. The molecule has 3 aromatic carbocycles. The topological polar surface area (TPSA) is 83.7 Å². The molecule has 0 fully saturated rings. The lowest BCUT2D eigenvalue weighted by molar-refractivity contribution is -0.384. The second kappa shape index (κ2) is 6.74. The van der Waals surface area contributed by atoms with Crippen LogP contribution in [-0.4, -0.2) is 23.0 Å². The predicted molar refractivity (Wildman–Crippen MR) is 112 cm³/mol. The van der Waals surface area contributed by atoms with Crippen LogP contribution in [0.2, 0.25) is 0 Å². The molecule has 0 spiro atoms. The lowest BCUT2D eigenvalue weighted by Crippen LogP contribution is -2.34. The highest BCUT2D eigenvalue weighted by molar-refractivity contribution is 6.00. The fraction of sp³-hybridized carbons (Fsp3) is 0.174. The van der Waals surface area contributed by atoms with Gasteiger partial charge in [0, 0.05) is 30.4 Å². The maximum atomic E-state index is 12.0. The van der Waals surface area contributed by atoms with Gasteiger partial charge in [-0.25, -0.2) is 4.79 Å². The zero-order valence-corrected chi connectivity index (χ0v) is 16.3. The number of nitro benzene ring substituents is 1. The number of fused-ring (bicyclic) bond motifs is 3. The van der Waals surface area contributed by atoms with Crippen LogP contribution in [0.1, 0.15) is 22.7 Å². The second-order valence-corrected chi connectivity index (χ2v) is 7.35. The number of carbonyl (C=O) groups is 1. The molecular formula is C23H20N2O4. The molecule has 6 nitrogen and oxygen atoms in total. The number of nitro groups is 1. The van der Waals surface area contributed by atoms with Crippen molar-refractivity contribution < 1.29 is 14.8 Å². The van der Waals surface area contributed by atoms with Crippen LogP contribution in [-0.2, 0) is 4.79 Å². The van der Waals surface area contributed by atoms with E-state index in [0.29, 0.717) is 0 Å². The molecular weight excluding hydrogens is 368 g/mol. The third-order valence-electron chi connectivity index (χ3n) is 5.57. The molecule has 0 bridgehead atoms. The summed E-state index contributed by atoms with van der Waals surface area (Å²) in [5, 5.41) is 21.1. The van der Waals surface area contributed by atoms with E-state index >= 15 is 0 Å². The van der Waals surface area contributed by atoms with Crippen molar-refractivity contribution in [3.8, 4) is 22.3 Å². The van der Waals surface area contributed by atoms with Gasteiger partial charge in [-0.2, -0.15) is 0 Å². The van der Waals surface area contributed by atoms with Gasteiger partial charge in [0.1, 0.15) is 0 Å². The van der Waals surface area contributed by atoms with Crippen molar-refractivity contribution in [2.75, 3.05) is 11.9 Å². The standard InChI is InChI=1S/C23H20N2O4/c1-13-11-15(25(28)29)12-14(2)20(13)18-9-6-10-19-21(18)16-7-4-5-8-17(16)22(23(26)27)24(19)3/h4-12,22H,1-3H3,(H,26,27). The molecule has 1 N–H and O–H groups in total. The Morgan fingerprint density at radius 2 is 1.62 bits per heavy atom. The quantitative estimate of drug-likeness (QED) is 0.497. The molecule has 1 unspecified atom stereocenters. The van der Waals surface area contributed by atoms with Crippen molar-refractivity contribution in [3.63, 3.8) is 0 Å². The minimum Gasteiger partial charge on any atom is -0.479 e. The van der Waals surface area contributed by atoms with Crippen LogP contribution in [0.25, 0.3) is 22.3 Å². The number of non-ortho nitro benzene ring substituents is 1. The number of carboxylic acid groups (broad SMARTS) is 1. The molecule has 1 heterocycles. The van der Waals surface area contributed by atoms with Gasteiger partial charge in [0.15, 0.2) is 6.04 Å². The first-order valence-corrected chi connectivity index (χ1v) is 9.25. The molecule has 29 heavy (non-hydrogen) atoms. The van der Waals surface area contributed by atoms with E-state index in [1.165, 1.54) is 0 Å². The van der Waals surface area contributed by atoms with Gasteiger partial charge in [-0.15, -0.1) is 0 Å². The molecule has 1 aliphatic rings. The van der Waals surface area contributed by atoms with Gasteiger partial charge < -0.3 is 10.0 Å². The van der Waals surface area contributed by atoms with Crippen LogP contribution in [0.5, 0.6) is 0 Å². The third kappa shape index (κ3) is 2.84. The molecule has 1 aliphatic heterocycles. The SMILES string of the molecule is Cc1cc([N+](=O)[O-])cc(C)c1-c1cccc2c1-c1ccccc1C(C(=O)O)N2C. The summed E-state index contributed by atoms with van der Waals surface area (Å²) in [4.78, 5) is 24.6. The minimum atomic E-state index is -0.904. The number of rotatable bonds is 3. The highest BCUT2D eigenvalue weighted by Crippen LogP contribution is 2.49. The maximum absolute atomic E-state index is 12.0. The van der Waals surface area contributed by atoms with Crippen LogP contribution in [0.4, 0.5) is 11.4 Å². The fourth-order valence-electron chi connectivity index (χ4n) is 4.41. The van der Waals surface area contributed by atoms with E-state index in [2.05, 4.69) is 0 Å². The number of nitrogens with zero attached hydrogens (tertiary/aromatic N) is 2. The van der Waals surface area contributed by atoms with E-state index in [4.69, 9.17) is 0 Å². The zero-order valence-electron chi connectivity index (χ0n) is 16.3. The third-order valence-corrected chi connectivity index (χ3v) is 5.57. The monoisotopic (exact) mass is 388 g/mol. The Labute approximate surface area is 168 Å². The molecule has 0 radical (unpaired) electrons. The molecule has 3 aromatic rings. The Balaban J connectivity index is 2.04. The summed E-state index contributed by atoms with van der Waals surface area (Å²) < 4.78 is 0. The summed E-state index contributed by atoms with van der Waals surface area (Å²) in [6.45, 7) is 3.74. The first-order chi connectivity index (χ1) is 13.8.